The molecule has 0 heterocycles. The average Bonchev–Trinajstić information content (AvgIpc) is 2.16. The summed E-state index contributed by atoms with van der Waals surface area (Å²) in [6, 6.07) is 5.72. The summed E-state index contributed by atoms with van der Waals surface area (Å²) in [5.74, 6) is -0.439. The number of anilines is 1. The second kappa shape index (κ2) is 5.59. The number of urea groups is 1. The van der Waals surface area contributed by atoms with E-state index in [9.17, 15) is 9.18 Å². The smallest absolute Gasteiger partial charge is 0.319 e. The minimum Gasteiger partial charge on any atom is -0.333 e. The molecule has 0 saturated heterocycles. The number of carbonyl (C=O) groups excluding carboxylic acids is 1. The summed E-state index contributed by atoms with van der Waals surface area (Å²) in [6.45, 7) is 10.3. The Hall–Kier alpha value is -1.58. The first-order valence-corrected chi connectivity index (χ1v) is 6.43. The van der Waals surface area contributed by atoms with Crippen molar-refractivity contribution in [2.45, 2.75) is 46.6 Å². The predicted molar refractivity (Wildman–Crippen MR) is 76.7 cm³/mol. The number of hydrogen-bond acceptors (Lipinski definition) is 1. The van der Waals surface area contributed by atoms with Gasteiger partial charge in [-0.15, -0.1) is 0 Å². The molecular weight excluding hydrogens is 243 g/mol. The second-order valence-electron chi connectivity index (χ2n) is 6.68. The summed E-state index contributed by atoms with van der Waals surface area (Å²) in [5, 5.41) is 5.40. The maximum atomic E-state index is 13.4. The fraction of sp³-hybridized carbons (Fsp3) is 0.533. The van der Waals surface area contributed by atoms with Crippen molar-refractivity contribution < 1.29 is 9.18 Å². The lowest BCUT2D eigenvalue weighted by Gasteiger charge is -2.33. The highest BCUT2D eigenvalue weighted by molar-refractivity contribution is 5.89. The first-order chi connectivity index (χ1) is 8.59. The van der Waals surface area contributed by atoms with E-state index in [0.29, 0.717) is 0 Å². The van der Waals surface area contributed by atoms with Crippen molar-refractivity contribution in [3.8, 4) is 0 Å². The van der Waals surface area contributed by atoms with Gasteiger partial charge in [0.15, 0.2) is 0 Å². The number of rotatable bonds is 3. The molecule has 0 saturated carbocycles. The summed E-state index contributed by atoms with van der Waals surface area (Å²) in [4.78, 5) is 11.9. The second-order valence-corrected chi connectivity index (χ2v) is 6.68. The van der Waals surface area contributed by atoms with Crippen molar-refractivity contribution in [1.29, 1.82) is 0 Å². The molecule has 1 aromatic rings. The minimum atomic E-state index is -0.439. The van der Waals surface area contributed by atoms with Crippen LogP contribution in [0.15, 0.2) is 24.3 Å². The van der Waals surface area contributed by atoms with E-state index in [0.717, 1.165) is 6.42 Å². The van der Waals surface area contributed by atoms with Crippen molar-refractivity contribution in [2.75, 3.05) is 5.32 Å². The van der Waals surface area contributed by atoms with Crippen LogP contribution in [0.5, 0.6) is 0 Å². The van der Waals surface area contributed by atoms with Gasteiger partial charge in [-0.05, 0) is 37.8 Å². The molecule has 0 unspecified atom stereocenters. The van der Waals surface area contributed by atoms with Gasteiger partial charge < -0.3 is 10.6 Å². The Balaban J connectivity index is 2.63. The summed E-state index contributed by atoms with van der Waals surface area (Å²) in [6.07, 6.45) is 0.824. The first kappa shape index (κ1) is 15.5. The molecular formula is C15H23FN2O. The van der Waals surface area contributed by atoms with Gasteiger partial charge in [-0.25, -0.2) is 9.18 Å². The highest BCUT2D eigenvalue weighted by Crippen LogP contribution is 2.26. The largest absolute Gasteiger partial charge is 0.333 e. The zero-order valence-electron chi connectivity index (χ0n) is 12.3. The van der Waals surface area contributed by atoms with Crippen molar-refractivity contribution in [3.63, 3.8) is 0 Å². The van der Waals surface area contributed by atoms with Crippen molar-refractivity contribution >= 4 is 11.7 Å². The van der Waals surface area contributed by atoms with Crippen LogP contribution in [0.2, 0.25) is 0 Å². The van der Waals surface area contributed by atoms with Gasteiger partial charge in [0.25, 0.3) is 0 Å². The van der Waals surface area contributed by atoms with E-state index in [1.165, 1.54) is 12.1 Å². The van der Waals surface area contributed by atoms with Crippen LogP contribution < -0.4 is 10.6 Å². The van der Waals surface area contributed by atoms with Crippen LogP contribution in [0.1, 0.15) is 41.0 Å². The third kappa shape index (κ3) is 5.73. The van der Waals surface area contributed by atoms with Gasteiger partial charge >= 0.3 is 6.03 Å². The minimum absolute atomic E-state index is 0.106. The molecule has 0 spiro atoms. The van der Waals surface area contributed by atoms with E-state index in [4.69, 9.17) is 0 Å². The van der Waals surface area contributed by atoms with Crippen molar-refractivity contribution in [1.82, 2.24) is 5.32 Å². The van der Waals surface area contributed by atoms with Gasteiger partial charge in [0.2, 0.25) is 0 Å². The Bertz CT molecular complexity index is 450. The highest BCUT2D eigenvalue weighted by atomic mass is 19.1. The predicted octanol–water partition coefficient (Wildman–Crippen LogP) is 4.16. The van der Waals surface area contributed by atoms with Crippen LogP contribution >= 0.6 is 0 Å². The van der Waals surface area contributed by atoms with Crippen LogP contribution in [-0.4, -0.2) is 11.6 Å². The molecule has 0 atom stereocenters. The van der Waals surface area contributed by atoms with E-state index >= 15 is 0 Å². The number of carbonyl (C=O) groups is 1. The Morgan fingerprint density at radius 2 is 1.74 bits per heavy atom. The summed E-state index contributed by atoms with van der Waals surface area (Å²) >= 11 is 0. The quantitative estimate of drug-likeness (QED) is 0.847. The fourth-order valence-electron chi connectivity index (χ4n) is 2.39. The fourth-order valence-corrected chi connectivity index (χ4v) is 2.39. The summed E-state index contributed by atoms with van der Waals surface area (Å²) < 4.78 is 13.4. The van der Waals surface area contributed by atoms with Crippen LogP contribution in [-0.2, 0) is 0 Å². The van der Waals surface area contributed by atoms with E-state index in [-0.39, 0.29) is 22.7 Å². The molecule has 0 aliphatic rings. The van der Waals surface area contributed by atoms with Crippen LogP contribution in [0.4, 0.5) is 14.9 Å². The molecule has 2 N–H and O–H groups in total. The van der Waals surface area contributed by atoms with Crippen LogP contribution in [0.25, 0.3) is 0 Å². The van der Waals surface area contributed by atoms with Gasteiger partial charge in [-0.2, -0.15) is 0 Å². The van der Waals surface area contributed by atoms with E-state index in [1.54, 1.807) is 12.1 Å². The van der Waals surface area contributed by atoms with Gasteiger partial charge in [-0.1, -0.05) is 32.9 Å². The Morgan fingerprint density at radius 1 is 1.16 bits per heavy atom. The third-order valence-corrected chi connectivity index (χ3v) is 2.55. The SMILES string of the molecule is CC(C)(C)CC(C)(C)NC(=O)Nc1ccccc1F. The monoisotopic (exact) mass is 266 g/mol. The molecule has 106 valence electrons. The maximum absolute atomic E-state index is 13.4. The first-order valence-electron chi connectivity index (χ1n) is 6.43. The summed E-state index contributed by atoms with van der Waals surface area (Å²) in [7, 11) is 0. The topological polar surface area (TPSA) is 41.1 Å². The van der Waals surface area contributed by atoms with Crippen molar-refractivity contribution in [3.05, 3.63) is 30.1 Å². The van der Waals surface area contributed by atoms with E-state index in [2.05, 4.69) is 31.4 Å². The lowest BCUT2D eigenvalue weighted by Crippen LogP contribution is -2.47. The zero-order chi connectivity index (χ0) is 14.7. The molecule has 0 aliphatic carbocycles. The number of benzene rings is 1. The van der Waals surface area contributed by atoms with Crippen LogP contribution in [0.3, 0.4) is 0 Å². The highest BCUT2D eigenvalue weighted by Gasteiger charge is 2.27. The van der Waals surface area contributed by atoms with Crippen LogP contribution in [0, 0.1) is 11.2 Å². The number of para-hydroxylation sites is 1. The molecule has 19 heavy (non-hydrogen) atoms. The standard InChI is InChI=1S/C15H23FN2O/c1-14(2,3)10-15(4,5)18-13(19)17-12-9-7-6-8-11(12)16/h6-9H,10H2,1-5H3,(H2,17,18,19). The van der Waals surface area contributed by atoms with Gasteiger partial charge in [-0.3, -0.25) is 0 Å². The lowest BCUT2D eigenvalue weighted by atomic mass is 9.82. The molecule has 0 bridgehead atoms. The number of hydrogen-bond donors (Lipinski definition) is 2. The average molecular weight is 266 g/mol. The molecule has 1 aromatic carbocycles. The van der Waals surface area contributed by atoms with E-state index < -0.39 is 5.82 Å². The molecule has 0 aromatic heterocycles. The number of halogens is 1. The lowest BCUT2D eigenvalue weighted by molar-refractivity contribution is 0.220. The summed E-state index contributed by atoms with van der Waals surface area (Å²) in [5.41, 5.74) is -0.0610. The molecule has 3 nitrogen and oxygen atoms in total. The molecule has 4 heteroatoms. The van der Waals surface area contributed by atoms with E-state index in [1.807, 2.05) is 13.8 Å². The number of nitrogens with one attached hydrogen (secondary N) is 2. The zero-order valence-corrected chi connectivity index (χ0v) is 12.3. The van der Waals surface area contributed by atoms with Gasteiger partial charge in [0, 0.05) is 5.54 Å². The molecule has 1 rings (SSSR count). The molecule has 2 amide bonds. The van der Waals surface area contributed by atoms with Gasteiger partial charge in [0.1, 0.15) is 5.82 Å². The van der Waals surface area contributed by atoms with Crippen molar-refractivity contribution in [2.24, 2.45) is 5.41 Å². The Morgan fingerprint density at radius 3 is 2.26 bits per heavy atom. The molecule has 0 aliphatic heterocycles. The molecule has 0 fully saturated rings. The van der Waals surface area contributed by atoms with Gasteiger partial charge in [0.05, 0.1) is 5.69 Å². The third-order valence-electron chi connectivity index (χ3n) is 2.55. The normalized spacial score (nSPS) is 12.1. The Labute approximate surface area is 114 Å². The Kier molecular flexibility index (Phi) is 4.56. The molecule has 0 radical (unpaired) electrons. The number of amides is 2. The maximum Gasteiger partial charge on any atom is 0.319 e.